The molecular weight excluding hydrogens is 253 g/mol. The van der Waals surface area contributed by atoms with Crippen LogP contribution in [0.3, 0.4) is 0 Å². The predicted octanol–water partition coefficient (Wildman–Crippen LogP) is 3.70. The molecule has 1 heterocycles. The summed E-state index contributed by atoms with van der Waals surface area (Å²) in [6, 6.07) is 4.73. The minimum Gasteiger partial charge on any atom is -0.378 e. The normalized spacial score (nSPS) is 21.2. The first-order valence-electron chi connectivity index (χ1n) is 6.50. The van der Waals surface area contributed by atoms with Gasteiger partial charge in [-0.15, -0.1) is 0 Å². The molecule has 2 nitrogen and oxygen atoms in total. The molecular formula is C14H19ClFNO. The molecule has 0 saturated carbocycles. The minimum absolute atomic E-state index is 0.131. The van der Waals surface area contributed by atoms with Crippen molar-refractivity contribution >= 4 is 11.6 Å². The van der Waals surface area contributed by atoms with Gasteiger partial charge >= 0.3 is 0 Å². The smallest absolute Gasteiger partial charge is 0.124 e. The number of hydrogen-bond acceptors (Lipinski definition) is 2. The highest BCUT2D eigenvalue weighted by atomic mass is 35.5. The van der Waals surface area contributed by atoms with Crippen molar-refractivity contribution in [2.24, 2.45) is 0 Å². The molecule has 2 unspecified atom stereocenters. The molecule has 1 aliphatic heterocycles. The van der Waals surface area contributed by atoms with Crippen LogP contribution in [0, 0.1) is 5.82 Å². The molecule has 1 aromatic rings. The van der Waals surface area contributed by atoms with Crippen LogP contribution in [0.4, 0.5) is 4.39 Å². The van der Waals surface area contributed by atoms with Gasteiger partial charge < -0.3 is 10.1 Å². The van der Waals surface area contributed by atoms with Gasteiger partial charge in [0.2, 0.25) is 0 Å². The summed E-state index contributed by atoms with van der Waals surface area (Å²) >= 11 is 6.12. The molecule has 2 atom stereocenters. The van der Waals surface area contributed by atoms with Crippen LogP contribution in [-0.4, -0.2) is 19.3 Å². The second-order valence-electron chi connectivity index (χ2n) is 4.65. The lowest BCUT2D eigenvalue weighted by atomic mass is 9.99. The average Bonchev–Trinajstić information content (AvgIpc) is 2.81. The standard InChI is InChI=1S/C14H19ClFNO/c1-2-17-14(9-11-4-3-7-18-11)12-6-5-10(16)8-13(12)15/h5-6,8,11,14,17H,2-4,7,9H2,1H3. The second-order valence-corrected chi connectivity index (χ2v) is 5.05. The summed E-state index contributed by atoms with van der Waals surface area (Å²) in [4.78, 5) is 0. The third kappa shape index (κ3) is 3.44. The largest absolute Gasteiger partial charge is 0.378 e. The highest BCUT2D eigenvalue weighted by molar-refractivity contribution is 6.31. The summed E-state index contributed by atoms with van der Waals surface area (Å²) < 4.78 is 18.7. The van der Waals surface area contributed by atoms with E-state index in [1.807, 2.05) is 0 Å². The van der Waals surface area contributed by atoms with E-state index in [-0.39, 0.29) is 18.0 Å². The summed E-state index contributed by atoms with van der Waals surface area (Å²) in [7, 11) is 0. The third-order valence-corrected chi connectivity index (χ3v) is 3.64. The van der Waals surface area contributed by atoms with Gasteiger partial charge in [-0.05, 0) is 43.5 Å². The van der Waals surface area contributed by atoms with Crippen LogP contribution >= 0.6 is 11.6 Å². The van der Waals surface area contributed by atoms with E-state index in [1.54, 1.807) is 6.07 Å². The Morgan fingerprint density at radius 2 is 2.39 bits per heavy atom. The van der Waals surface area contributed by atoms with Crippen LogP contribution in [0.15, 0.2) is 18.2 Å². The number of hydrogen-bond donors (Lipinski definition) is 1. The van der Waals surface area contributed by atoms with E-state index in [2.05, 4.69) is 12.2 Å². The van der Waals surface area contributed by atoms with Crippen molar-refractivity contribution in [1.29, 1.82) is 0 Å². The van der Waals surface area contributed by atoms with E-state index in [4.69, 9.17) is 16.3 Å². The Morgan fingerprint density at radius 1 is 1.56 bits per heavy atom. The first-order chi connectivity index (χ1) is 8.70. The maximum atomic E-state index is 13.1. The van der Waals surface area contributed by atoms with Crippen molar-refractivity contribution in [1.82, 2.24) is 5.32 Å². The van der Waals surface area contributed by atoms with Gasteiger partial charge in [0.05, 0.1) is 6.10 Å². The van der Waals surface area contributed by atoms with Crippen molar-refractivity contribution in [3.05, 3.63) is 34.6 Å². The number of rotatable bonds is 5. The molecule has 100 valence electrons. The summed E-state index contributed by atoms with van der Waals surface area (Å²) in [5, 5.41) is 3.88. The molecule has 1 fully saturated rings. The SMILES string of the molecule is CCNC(CC1CCCO1)c1ccc(F)cc1Cl. The molecule has 0 bridgehead atoms. The molecule has 1 N–H and O–H groups in total. The molecule has 4 heteroatoms. The van der Waals surface area contributed by atoms with E-state index in [0.717, 1.165) is 38.0 Å². The summed E-state index contributed by atoms with van der Waals surface area (Å²) in [6.45, 7) is 3.76. The predicted molar refractivity (Wildman–Crippen MR) is 71.4 cm³/mol. The molecule has 2 rings (SSSR count). The average molecular weight is 272 g/mol. The molecule has 18 heavy (non-hydrogen) atoms. The Bertz CT molecular complexity index is 393. The van der Waals surface area contributed by atoms with Gasteiger partial charge in [0, 0.05) is 17.7 Å². The second kappa shape index (κ2) is 6.50. The van der Waals surface area contributed by atoms with Crippen LogP contribution in [0.25, 0.3) is 0 Å². The van der Waals surface area contributed by atoms with Crippen molar-refractivity contribution in [3.63, 3.8) is 0 Å². The van der Waals surface area contributed by atoms with Gasteiger partial charge in [-0.25, -0.2) is 4.39 Å². The lowest BCUT2D eigenvalue weighted by Crippen LogP contribution is -2.25. The van der Waals surface area contributed by atoms with E-state index >= 15 is 0 Å². The van der Waals surface area contributed by atoms with Crippen LogP contribution in [-0.2, 0) is 4.74 Å². The maximum Gasteiger partial charge on any atom is 0.124 e. The van der Waals surface area contributed by atoms with E-state index < -0.39 is 0 Å². The zero-order chi connectivity index (χ0) is 13.0. The molecule has 0 radical (unpaired) electrons. The molecule has 0 spiro atoms. The van der Waals surface area contributed by atoms with Gasteiger partial charge in [-0.3, -0.25) is 0 Å². The Kier molecular flexibility index (Phi) is 4.98. The van der Waals surface area contributed by atoms with Crippen LogP contribution in [0.5, 0.6) is 0 Å². The highest BCUT2D eigenvalue weighted by Crippen LogP contribution is 2.30. The zero-order valence-corrected chi connectivity index (χ0v) is 11.3. The van der Waals surface area contributed by atoms with Crippen molar-refractivity contribution in [3.8, 4) is 0 Å². The zero-order valence-electron chi connectivity index (χ0n) is 10.6. The van der Waals surface area contributed by atoms with Gasteiger partial charge in [-0.2, -0.15) is 0 Å². The van der Waals surface area contributed by atoms with Crippen molar-refractivity contribution in [2.45, 2.75) is 38.3 Å². The molecule has 0 aromatic heterocycles. The molecule has 0 aliphatic carbocycles. The highest BCUT2D eigenvalue weighted by Gasteiger charge is 2.22. The lowest BCUT2D eigenvalue weighted by molar-refractivity contribution is 0.0947. The molecule has 1 aliphatic rings. The van der Waals surface area contributed by atoms with Crippen LogP contribution in [0.1, 0.15) is 37.8 Å². The number of ether oxygens (including phenoxy) is 1. The molecule has 1 saturated heterocycles. The van der Waals surface area contributed by atoms with E-state index in [9.17, 15) is 4.39 Å². The van der Waals surface area contributed by atoms with Crippen molar-refractivity contribution in [2.75, 3.05) is 13.2 Å². The number of halogens is 2. The van der Waals surface area contributed by atoms with Gasteiger partial charge in [0.15, 0.2) is 0 Å². The first-order valence-corrected chi connectivity index (χ1v) is 6.88. The fourth-order valence-corrected chi connectivity index (χ4v) is 2.74. The van der Waals surface area contributed by atoms with Gasteiger partial charge in [0.25, 0.3) is 0 Å². The third-order valence-electron chi connectivity index (χ3n) is 3.31. The molecule has 1 aromatic carbocycles. The molecule has 0 amide bonds. The van der Waals surface area contributed by atoms with Gasteiger partial charge in [0.1, 0.15) is 5.82 Å². The van der Waals surface area contributed by atoms with Crippen LogP contribution in [0.2, 0.25) is 5.02 Å². The summed E-state index contributed by atoms with van der Waals surface area (Å²) in [5.74, 6) is -0.295. The first kappa shape index (κ1) is 13.8. The van der Waals surface area contributed by atoms with E-state index in [1.165, 1.54) is 12.1 Å². The van der Waals surface area contributed by atoms with Crippen molar-refractivity contribution < 1.29 is 9.13 Å². The van der Waals surface area contributed by atoms with E-state index in [0.29, 0.717) is 5.02 Å². The number of nitrogens with one attached hydrogen (secondary N) is 1. The summed E-state index contributed by atoms with van der Waals surface area (Å²) in [5.41, 5.74) is 0.954. The fraction of sp³-hybridized carbons (Fsp3) is 0.571. The fourth-order valence-electron chi connectivity index (χ4n) is 2.44. The minimum atomic E-state index is -0.295. The Labute approximate surface area is 112 Å². The maximum absolute atomic E-state index is 13.1. The summed E-state index contributed by atoms with van der Waals surface area (Å²) in [6.07, 6.45) is 3.40. The number of benzene rings is 1. The quantitative estimate of drug-likeness (QED) is 0.882. The lowest BCUT2D eigenvalue weighted by Gasteiger charge is -2.22. The van der Waals surface area contributed by atoms with Crippen LogP contribution < -0.4 is 5.32 Å². The Morgan fingerprint density at radius 3 is 3.00 bits per heavy atom. The Balaban J connectivity index is 2.12. The van der Waals surface area contributed by atoms with Gasteiger partial charge in [-0.1, -0.05) is 24.6 Å². The Hall–Kier alpha value is -0.640. The topological polar surface area (TPSA) is 21.3 Å². The monoisotopic (exact) mass is 271 g/mol.